The smallest absolute Gasteiger partial charge is 0.356 e. The fourth-order valence-electron chi connectivity index (χ4n) is 1.08. The number of methoxy groups -OCH3 is 1. The third-order valence-electron chi connectivity index (χ3n) is 1.91. The van der Waals surface area contributed by atoms with E-state index in [1.165, 1.54) is 13.3 Å². The number of hydrogen-bond acceptors (Lipinski definition) is 6. The van der Waals surface area contributed by atoms with Crippen LogP contribution in [0.4, 0.5) is 5.82 Å². The van der Waals surface area contributed by atoms with Gasteiger partial charge in [0.05, 0.1) is 25.5 Å². The highest BCUT2D eigenvalue weighted by atomic mass is 16.5. The van der Waals surface area contributed by atoms with E-state index in [1.807, 2.05) is 0 Å². The van der Waals surface area contributed by atoms with E-state index in [9.17, 15) is 9.59 Å². The molecule has 0 spiro atoms. The van der Waals surface area contributed by atoms with Crippen LogP contribution in [0.5, 0.6) is 0 Å². The van der Waals surface area contributed by atoms with Crippen LogP contribution in [0.2, 0.25) is 0 Å². The standard InChI is InChI=1S/C10H14N4O4/c1-18-3-2-12-9(15)6-13-8-5-11-4-7(14-8)10(16)17/h4-5H,2-3,6H2,1H3,(H,12,15)(H,13,14)(H,16,17). The number of nitrogens with zero attached hydrogens (tertiary/aromatic N) is 2. The van der Waals surface area contributed by atoms with Crippen molar-refractivity contribution in [3.8, 4) is 0 Å². The zero-order valence-corrected chi connectivity index (χ0v) is 9.84. The maximum atomic E-state index is 11.3. The molecule has 18 heavy (non-hydrogen) atoms. The van der Waals surface area contributed by atoms with Gasteiger partial charge < -0.3 is 20.5 Å². The zero-order valence-electron chi connectivity index (χ0n) is 9.84. The molecule has 1 rings (SSSR count). The van der Waals surface area contributed by atoms with Gasteiger partial charge in [0.1, 0.15) is 5.82 Å². The number of carboxylic acids is 1. The van der Waals surface area contributed by atoms with Gasteiger partial charge in [-0.15, -0.1) is 0 Å². The maximum Gasteiger partial charge on any atom is 0.356 e. The number of anilines is 1. The van der Waals surface area contributed by atoms with E-state index in [0.717, 1.165) is 6.20 Å². The fourth-order valence-corrected chi connectivity index (χ4v) is 1.08. The van der Waals surface area contributed by atoms with Crippen LogP contribution in [-0.4, -0.2) is 53.8 Å². The van der Waals surface area contributed by atoms with E-state index in [-0.39, 0.29) is 24.0 Å². The summed E-state index contributed by atoms with van der Waals surface area (Å²) in [5, 5.41) is 14.0. The second-order valence-corrected chi connectivity index (χ2v) is 3.29. The molecule has 0 aliphatic rings. The van der Waals surface area contributed by atoms with Gasteiger partial charge in [-0.1, -0.05) is 0 Å². The zero-order chi connectivity index (χ0) is 13.4. The SMILES string of the molecule is COCCNC(=O)CNc1cncc(C(=O)O)n1. The third kappa shape index (κ3) is 4.74. The van der Waals surface area contributed by atoms with E-state index in [4.69, 9.17) is 9.84 Å². The Hall–Kier alpha value is -2.22. The van der Waals surface area contributed by atoms with Gasteiger partial charge in [-0.05, 0) is 0 Å². The van der Waals surface area contributed by atoms with Crippen molar-refractivity contribution in [3.05, 3.63) is 18.1 Å². The third-order valence-corrected chi connectivity index (χ3v) is 1.91. The van der Waals surface area contributed by atoms with Crippen LogP contribution in [0.1, 0.15) is 10.5 Å². The number of aromatic nitrogens is 2. The highest BCUT2D eigenvalue weighted by Gasteiger charge is 2.07. The molecule has 0 atom stereocenters. The number of carbonyl (C=O) groups is 2. The molecule has 1 aromatic rings. The average Bonchev–Trinajstić information content (AvgIpc) is 2.37. The largest absolute Gasteiger partial charge is 0.476 e. The number of hydrogen-bond donors (Lipinski definition) is 3. The van der Waals surface area contributed by atoms with Crippen LogP contribution in [0.15, 0.2) is 12.4 Å². The number of amides is 1. The van der Waals surface area contributed by atoms with Gasteiger partial charge in [0.25, 0.3) is 0 Å². The predicted molar refractivity (Wildman–Crippen MR) is 62.4 cm³/mol. The minimum absolute atomic E-state index is 0.0124. The number of ether oxygens (including phenoxy) is 1. The predicted octanol–water partition coefficient (Wildman–Crippen LogP) is -0.651. The molecule has 0 aliphatic carbocycles. The van der Waals surface area contributed by atoms with Gasteiger partial charge in [-0.25, -0.2) is 9.78 Å². The van der Waals surface area contributed by atoms with Crippen LogP contribution >= 0.6 is 0 Å². The number of carboxylic acid groups (broad SMARTS) is 1. The molecule has 0 radical (unpaired) electrons. The van der Waals surface area contributed by atoms with Gasteiger partial charge in [-0.2, -0.15) is 0 Å². The van der Waals surface area contributed by atoms with Gasteiger partial charge in [0.15, 0.2) is 5.69 Å². The Morgan fingerprint density at radius 3 is 2.89 bits per heavy atom. The van der Waals surface area contributed by atoms with Crippen LogP contribution < -0.4 is 10.6 Å². The molecule has 3 N–H and O–H groups in total. The molecule has 0 saturated carbocycles. The molecule has 0 aromatic carbocycles. The fraction of sp³-hybridized carbons (Fsp3) is 0.400. The monoisotopic (exact) mass is 254 g/mol. The summed E-state index contributed by atoms with van der Waals surface area (Å²) in [6, 6.07) is 0. The molecular weight excluding hydrogens is 240 g/mol. The molecule has 0 fully saturated rings. The molecule has 0 bridgehead atoms. The second-order valence-electron chi connectivity index (χ2n) is 3.29. The first kappa shape index (κ1) is 13.8. The van der Waals surface area contributed by atoms with Crippen molar-refractivity contribution >= 4 is 17.7 Å². The summed E-state index contributed by atoms with van der Waals surface area (Å²) in [6.07, 6.45) is 2.47. The molecular formula is C10H14N4O4. The van der Waals surface area contributed by atoms with Gasteiger partial charge >= 0.3 is 5.97 Å². The molecule has 8 heteroatoms. The Labute approximate surface area is 103 Å². The van der Waals surface area contributed by atoms with Crippen molar-refractivity contribution in [1.82, 2.24) is 15.3 Å². The van der Waals surface area contributed by atoms with E-state index in [0.29, 0.717) is 13.2 Å². The number of rotatable bonds is 7. The summed E-state index contributed by atoms with van der Waals surface area (Å²) in [5.74, 6) is -1.18. The number of carbonyl (C=O) groups excluding carboxylic acids is 1. The van der Waals surface area contributed by atoms with Crippen LogP contribution in [0.25, 0.3) is 0 Å². The lowest BCUT2D eigenvalue weighted by Crippen LogP contribution is -2.32. The first-order valence-corrected chi connectivity index (χ1v) is 5.18. The van der Waals surface area contributed by atoms with Crippen molar-refractivity contribution in [2.24, 2.45) is 0 Å². The lowest BCUT2D eigenvalue weighted by molar-refractivity contribution is -0.119. The van der Waals surface area contributed by atoms with Crippen LogP contribution in [0.3, 0.4) is 0 Å². The summed E-state index contributed by atoms with van der Waals surface area (Å²) >= 11 is 0. The van der Waals surface area contributed by atoms with Gasteiger partial charge in [0, 0.05) is 13.7 Å². The Balaban J connectivity index is 2.41. The van der Waals surface area contributed by atoms with E-state index in [1.54, 1.807) is 0 Å². The van der Waals surface area contributed by atoms with Crippen molar-refractivity contribution in [1.29, 1.82) is 0 Å². The average molecular weight is 254 g/mol. The molecule has 0 unspecified atom stereocenters. The topological polar surface area (TPSA) is 113 Å². The van der Waals surface area contributed by atoms with Gasteiger partial charge in [0.2, 0.25) is 5.91 Å². The number of nitrogens with one attached hydrogen (secondary N) is 2. The summed E-state index contributed by atoms with van der Waals surface area (Å²) in [5.41, 5.74) is -0.181. The summed E-state index contributed by atoms with van der Waals surface area (Å²) < 4.78 is 4.77. The Bertz CT molecular complexity index is 424. The highest BCUT2D eigenvalue weighted by Crippen LogP contribution is 2.01. The molecule has 8 nitrogen and oxygen atoms in total. The quantitative estimate of drug-likeness (QED) is 0.554. The van der Waals surface area contributed by atoms with Crippen molar-refractivity contribution < 1.29 is 19.4 Å². The molecule has 1 aromatic heterocycles. The van der Waals surface area contributed by atoms with Crippen molar-refractivity contribution in [3.63, 3.8) is 0 Å². The molecule has 98 valence electrons. The normalized spacial score (nSPS) is 9.83. The summed E-state index contributed by atoms with van der Waals surface area (Å²) in [7, 11) is 1.54. The van der Waals surface area contributed by atoms with Crippen molar-refractivity contribution in [2.45, 2.75) is 0 Å². The summed E-state index contributed by atoms with van der Waals surface area (Å²) in [4.78, 5) is 29.4. The van der Waals surface area contributed by atoms with E-state index < -0.39 is 5.97 Å². The van der Waals surface area contributed by atoms with E-state index >= 15 is 0 Å². The minimum atomic E-state index is -1.17. The molecule has 1 heterocycles. The first-order valence-electron chi connectivity index (χ1n) is 5.18. The Morgan fingerprint density at radius 2 is 2.22 bits per heavy atom. The van der Waals surface area contributed by atoms with Crippen LogP contribution in [0, 0.1) is 0 Å². The first-order chi connectivity index (χ1) is 8.63. The molecule has 1 amide bonds. The van der Waals surface area contributed by atoms with E-state index in [2.05, 4.69) is 20.6 Å². The Kier molecular flexibility index (Phi) is 5.52. The second kappa shape index (κ2) is 7.17. The highest BCUT2D eigenvalue weighted by molar-refractivity contribution is 5.85. The lowest BCUT2D eigenvalue weighted by Gasteiger charge is -2.06. The Morgan fingerprint density at radius 1 is 1.44 bits per heavy atom. The van der Waals surface area contributed by atoms with Crippen LogP contribution in [-0.2, 0) is 9.53 Å². The number of aromatic carboxylic acids is 1. The minimum Gasteiger partial charge on any atom is -0.476 e. The van der Waals surface area contributed by atoms with Crippen molar-refractivity contribution in [2.75, 3.05) is 32.1 Å². The maximum absolute atomic E-state index is 11.3. The van der Waals surface area contributed by atoms with Gasteiger partial charge in [-0.3, -0.25) is 9.78 Å². The lowest BCUT2D eigenvalue weighted by atomic mass is 10.4. The molecule has 0 aliphatic heterocycles. The molecule has 0 saturated heterocycles. The summed E-state index contributed by atoms with van der Waals surface area (Å²) in [6.45, 7) is 0.833.